The number of ether oxygens (including phenoxy) is 1. The molecule has 0 unspecified atom stereocenters. The maximum Gasteiger partial charge on any atom is 0.282 e. The normalized spacial score (nSPS) is 16.2. The van der Waals surface area contributed by atoms with E-state index < -0.39 is 0 Å². The molecule has 5 heteroatoms. The lowest BCUT2D eigenvalue weighted by Crippen LogP contribution is -3.19. The van der Waals surface area contributed by atoms with Crippen LogP contribution in [0.4, 0.5) is 11.4 Å². The number of piperazine rings is 1. The highest BCUT2D eigenvalue weighted by atomic mass is 16.5. The van der Waals surface area contributed by atoms with Crippen LogP contribution in [0, 0.1) is 6.92 Å². The number of nitrogens with zero attached hydrogens (tertiary/aromatic N) is 1. The molecule has 1 amide bonds. The molecular weight excluding hydrogens is 326 g/mol. The molecule has 2 aromatic rings. The predicted molar refractivity (Wildman–Crippen MR) is 105 cm³/mol. The first-order chi connectivity index (χ1) is 12.6. The van der Waals surface area contributed by atoms with E-state index in [9.17, 15) is 4.79 Å². The summed E-state index contributed by atoms with van der Waals surface area (Å²) in [7, 11) is 1.62. The molecule has 1 fully saturated rings. The lowest BCUT2D eigenvalue weighted by molar-refractivity contribution is -0.914. The summed E-state index contributed by atoms with van der Waals surface area (Å²) >= 11 is 0. The lowest BCUT2D eigenvalue weighted by Gasteiger charge is -2.36. The Morgan fingerprint density at radius 1 is 1.15 bits per heavy atom. The summed E-state index contributed by atoms with van der Waals surface area (Å²) in [5, 5.41) is 3.04. The number of para-hydroxylation sites is 1. The fourth-order valence-electron chi connectivity index (χ4n) is 3.47. The molecular formula is C21H28N3O2+. The van der Waals surface area contributed by atoms with Gasteiger partial charge >= 0.3 is 0 Å². The molecule has 1 aliphatic heterocycles. The highest BCUT2D eigenvalue weighted by molar-refractivity contribution is 5.95. The van der Waals surface area contributed by atoms with Crippen molar-refractivity contribution in [2.75, 3.05) is 43.5 Å². The van der Waals surface area contributed by atoms with Crippen LogP contribution in [0.25, 0.3) is 0 Å². The van der Waals surface area contributed by atoms with E-state index in [4.69, 9.17) is 4.74 Å². The third-order valence-corrected chi connectivity index (χ3v) is 5.15. The van der Waals surface area contributed by atoms with Crippen LogP contribution >= 0.6 is 0 Å². The summed E-state index contributed by atoms with van der Waals surface area (Å²) in [4.78, 5) is 16.4. The Morgan fingerprint density at radius 2 is 1.85 bits per heavy atom. The number of benzene rings is 2. The van der Waals surface area contributed by atoms with Gasteiger partial charge in [-0.25, -0.2) is 0 Å². The second kappa shape index (κ2) is 8.23. The molecule has 26 heavy (non-hydrogen) atoms. The first-order valence-corrected chi connectivity index (χ1v) is 9.18. The molecule has 0 aromatic heterocycles. The number of aryl methyl sites for hydroxylation is 1. The monoisotopic (exact) mass is 354 g/mol. The van der Waals surface area contributed by atoms with Crippen molar-refractivity contribution >= 4 is 17.3 Å². The first kappa shape index (κ1) is 18.3. The van der Waals surface area contributed by atoms with Gasteiger partial charge in [-0.3, -0.25) is 4.79 Å². The minimum absolute atomic E-state index is 0.0389. The number of anilines is 2. The number of amides is 1. The summed E-state index contributed by atoms with van der Waals surface area (Å²) in [5.41, 5.74) is 3.09. The average molecular weight is 354 g/mol. The summed E-state index contributed by atoms with van der Waals surface area (Å²) in [6.07, 6.45) is 0. The SMILES string of the molecule is COc1ccc(C)cc1NC(=O)[C@H](C)[NH+]1CCN(c2ccccc2)CC1. The van der Waals surface area contributed by atoms with Crippen LogP contribution in [-0.4, -0.2) is 45.2 Å². The zero-order valence-electron chi connectivity index (χ0n) is 15.8. The highest BCUT2D eigenvalue weighted by Gasteiger charge is 2.29. The third kappa shape index (κ3) is 4.17. The van der Waals surface area contributed by atoms with Crippen molar-refractivity contribution in [1.29, 1.82) is 0 Å². The van der Waals surface area contributed by atoms with Gasteiger partial charge < -0.3 is 19.9 Å². The number of nitrogens with one attached hydrogen (secondary N) is 2. The lowest BCUT2D eigenvalue weighted by atomic mass is 10.1. The molecule has 5 nitrogen and oxygen atoms in total. The predicted octanol–water partition coefficient (Wildman–Crippen LogP) is 1.74. The van der Waals surface area contributed by atoms with Crippen LogP contribution < -0.4 is 19.9 Å². The van der Waals surface area contributed by atoms with Crippen LogP contribution in [-0.2, 0) is 4.79 Å². The molecule has 0 saturated carbocycles. The minimum Gasteiger partial charge on any atom is -0.495 e. The fourth-order valence-corrected chi connectivity index (χ4v) is 3.47. The molecule has 0 bridgehead atoms. The number of rotatable bonds is 5. The molecule has 0 spiro atoms. The van der Waals surface area contributed by atoms with E-state index >= 15 is 0 Å². The van der Waals surface area contributed by atoms with Gasteiger partial charge in [-0.15, -0.1) is 0 Å². The molecule has 2 aromatic carbocycles. The smallest absolute Gasteiger partial charge is 0.282 e. The number of carbonyl (C=O) groups is 1. The Bertz CT molecular complexity index is 740. The number of hydrogen-bond donors (Lipinski definition) is 2. The zero-order chi connectivity index (χ0) is 18.5. The molecule has 2 N–H and O–H groups in total. The maximum atomic E-state index is 12.7. The van der Waals surface area contributed by atoms with E-state index in [1.165, 1.54) is 10.6 Å². The topological polar surface area (TPSA) is 46.0 Å². The molecule has 0 radical (unpaired) electrons. The summed E-state index contributed by atoms with van der Waals surface area (Å²) in [6.45, 7) is 7.84. The fraction of sp³-hybridized carbons (Fsp3) is 0.381. The Kier molecular flexibility index (Phi) is 5.78. The van der Waals surface area contributed by atoms with Crippen molar-refractivity contribution in [2.24, 2.45) is 0 Å². The van der Waals surface area contributed by atoms with Gasteiger partial charge in [0.1, 0.15) is 5.75 Å². The Labute approximate surface area is 155 Å². The van der Waals surface area contributed by atoms with Crippen LogP contribution in [0.5, 0.6) is 5.75 Å². The van der Waals surface area contributed by atoms with Gasteiger partial charge in [0.2, 0.25) is 0 Å². The van der Waals surface area contributed by atoms with Crippen LogP contribution in [0.2, 0.25) is 0 Å². The highest BCUT2D eigenvalue weighted by Crippen LogP contribution is 2.25. The Morgan fingerprint density at radius 3 is 2.50 bits per heavy atom. The van der Waals surface area contributed by atoms with E-state index in [0.717, 1.165) is 37.4 Å². The number of carbonyl (C=O) groups excluding carboxylic acids is 1. The van der Waals surface area contributed by atoms with Crippen molar-refractivity contribution in [3.63, 3.8) is 0 Å². The van der Waals surface area contributed by atoms with Crippen LogP contribution in [0.3, 0.4) is 0 Å². The van der Waals surface area contributed by atoms with Crippen LogP contribution in [0.1, 0.15) is 12.5 Å². The van der Waals surface area contributed by atoms with Gasteiger partial charge in [0.15, 0.2) is 6.04 Å². The van der Waals surface area contributed by atoms with Crippen molar-refractivity contribution in [2.45, 2.75) is 19.9 Å². The summed E-state index contributed by atoms with van der Waals surface area (Å²) in [5.74, 6) is 0.733. The van der Waals surface area contributed by atoms with Crippen molar-refractivity contribution in [1.82, 2.24) is 0 Å². The second-order valence-corrected chi connectivity index (χ2v) is 6.90. The third-order valence-electron chi connectivity index (χ3n) is 5.15. The average Bonchev–Trinajstić information content (AvgIpc) is 2.68. The number of methoxy groups -OCH3 is 1. The van der Waals surface area contributed by atoms with Crippen molar-refractivity contribution < 1.29 is 14.4 Å². The Hall–Kier alpha value is -2.53. The molecule has 0 aliphatic carbocycles. The van der Waals surface area contributed by atoms with Gasteiger partial charge in [0.05, 0.1) is 39.0 Å². The van der Waals surface area contributed by atoms with Gasteiger partial charge in [-0.05, 0) is 43.7 Å². The quantitative estimate of drug-likeness (QED) is 0.860. The summed E-state index contributed by atoms with van der Waals surface area (Å²) in [6, 6.07) is 16.2. The molecule has 1 aliphatic rings. The maximum absolute atomic E-state index is 12.7. The molecule has 3 rings (SSSR count). The molecule has 138 valence electrons. The van der Waals surface area contributed by atoms with Gasteiger partial charge in [-0.1, -0.05) is 24.3 Å². The molecule has 1 atom stereocenters. The number of quaternary nitrogens is 1. The van der Waals surface area contributed by atoms with Gasteiger partial charge in [0, 0.05) is 5.69 Å². The van der Waals surface area contributed by atoms with Crippen LogP contribution in [0.15, 0.2) is 48.5 Å². The largest absolute Gasteiger partial charge is 0.495 e. The zero-order valence-corrected chi connectivity index (χ0v) is 15.8. The van der Waals surface area contributed by atoms with Crippen molar-refractivity contribution in [3.8, 4) is 5.75 Å². The molecule has 1 saturated heterocycles. The molecule has 1 heterocycles. The van der Waals surface area contributed by atoms with E-state index in [1.54, 1.807) is 7.11 Å². The first-order valence-electron chi connectivity index (χ1n) is 9.18. The van der Waals surface area contributed by atoms with E-state index in [-0.39, 0.29) is 11.9 Å². The van der Waals surface area contributed by atoms with E-state index in [2.05, 4.69) is 34.5 Å². The standard InChI is InChI=1S/C21H27N3O2/c1-16-9-10-20(26-3)19(15-16)22-21(25)17(2)23-11-13-24(14-12-23)18-7-5-4-6-8-18/h4-10,15,17H,11-14H2,1-3H3,(H,22,25)/p+1/t17-/m0/s1. The van der Waals surface area contributed by atoms with Gasteiger partial charge in [-0.2, -0.15) is 0 Å². The van der Waals surface area contributed by atoms with Gasteiger partial charge in [0.25, 0.3) is 5.91 Å². The summed E-state index contributed by atoms with van der Waals surface area (Å²) < 4.78 is 5.36. The Balaban J connectivity index is 1.59. The van der Waals surface area contributed by atoms with E-state index in [0.29, 0.717) is 5.75 Å². The second-order valence-electron chi connectivity index (χ2n) is 6.90. The number of hydrogen-bond acceptors (Lipinski definition) is 3. The van der Waals surface area contributed by atoms with E-state index in [1.807, 2.05) is 38.1 Å². The minimum atomic E-state index is -0.0989. The van der Waals surface area contributed by atoms with Crippen molar-refractivity contribution in [3.05, 3.63) is 54.1 Å².